The van der Waals surface area contributed by atoms with Gasteiger partial charge in [0.15, 0.2) is 0 Å². The van der Waals surface area contributed by atoms with Crippen LogP contribution >= 0.6 is 0 Å². The maximum absolute atomic E-state index is 8.93. The van der Waals surface area contributed by atoms with E-state index in [-0.39, 0.29) is 6.04 Å². The summed E-state index contributed by atoms with van der Waals surface area (Å²) in [6.07, 6.45) is 0.338. The number of nitrogens with two attached hydrogens (primary N) is 1. The lowest BCUT2D eigenvalue weighted by molar-refractivity contribution is -0.0182. The SMILES string of the molecule is N[C@@H]1CCOCC1O. The second-order valence-electron chi connectivity index (χ2n) is 2.09. The smallest absolute Gasteiger partial charge is 0.0924 e. The fourth-order valence-corrected chi connectivity index (χ4v) is 0.739. The molecule has 0 aromatic heterocycles. The number of hydrogen-bond donors (Lipinski definition) is 2. The lowest BCUT2D eigenvalue weighted by atomic mass is 10.1. The van der Waals surface area contributed by atoms with Gasteiger partial charge in [-0.2, -0.15) is 0 Å². The second-order valence-corrected chi connectivity index (χ2v) is 2.09. The highest BCUT2D eigenvalue weighted by Crippen LogP contribution is 2.03. The van der Waals surface area contributed by atoms with Crippen LogP contribution in [0, 0.1) is 0 Å². The maximum Gasteiger partial charge on any atom is 0.0924 e. The largest absolute Gasteiger partial charge is 0.389 e. The standard InChI is InChI=1S/C5H11NO2/c6-4-1-2-8-3-5(4)7/h4-5,7H,1-3,6H2/t4-,5?/m1/s1. The van der Waals surface area contributed by atoms with Crippen molar-refractivity contribution in [3.05, 3.63) is 0 Å². The molecule has 3 N–H and O–H groups in total. The molecule has 0 aromatic carbocycles. The quantitative estimate of drug-likeness (QED) is 0.432. The summed E-state index contributed by atoms with van der Waals surface area (Å²) in [6, 6.07) is -0.0660. The molecule has 1 aliphatic heterocycles. The highest BCUT2D eigenvalue weighted by molar-refractivity contribution is 4.74. The fraction of sp³-hybridized carbons (Fsp3) is 1.00. The zero-order chi connectivity index (χ0) is 5.98. The number of aliphatic hydroxyl groups is 1. The normalized spacial score (nSPS) is 39.8. The minimum Gasteiger partial charge on any atom is -0.389 e. The predicted octanol–water partition coefficient (Wildman–Crippen LogP) is -0.905. The molecule has 1 fully saturated rings. The van der Waals surface area contributed by atoms with Gasteiger partial charge in [-0.15, -0.1) is 0 Å². The summed E-state index contributed by atoms with van der Waals surface area (Å²) in [7, 11) is 0. The minimum absolute atomic E-state index is 0.0660. The summed E-state index contributed by atoms with van der Waals surface area (Å²) in [6.45, 7) is 1.10. The summed E-state index contributed by atoms with van der Waals surface area (Å²) >= 11 is 0. The van der Waals surface area contributed by atoms with Crippen LogP contribution in [0.5, 0.6) is 0 Å². The van der Waals surface area contributed by atoms with Crippen LogP contribution in [0.15, 0.2) is 0 Å². The highest BCUT2D eigenvalue weighted by atomic mass is 16.5. The zero-order valence-electron chi connectivity index (χ0n) is 4.71. The number of aliphatic hydroxyl groups excluding tert-OH is 1. The molecule has 1 unspecified atom stereocenters. The molecule has 0 aliphatic carbocycles. The molecule has 1 rings (SSSR count). The fourth-order valence-electron chi connectivity index (χ4n) is 0.739. The molecular weight excluding hydrogens is 106 g/mol. The zero-order valence-corrected chi connectivity index (χ0v) is 4.71. The Hall–Kier alpha value is -0.120. The molecule has 2 atom stereocenters. The lowest BCUT2D eigenvalue weighted by Gasteiger charge is -2.23. The van der Waals surface area contributed by atoms with Gasteiger partial charge in [0.2, 0.25) is 0 Å². The van der Waals surface area contributed by atoms with E-state index in [2.05, 4.69) is 0 Å². The van der Waals surface area contributed by atoms with Gasteiger partial charge in [-0.1, -0.05) is 0 Å². The Bertz CT molecular complexity index is 66.8. The summed E-state index contributed by atoms with van der Waals surface area (Å²) in [5, 5.41) is 8.93. The van der Waals surface area contributed by atoms with Crippen molar-refractivity contribution < 1.29 is 9.84 Å². The third-order valence-corrected chi connectivity index (χ3v) is 1.38. The molecule has 48 valence electrons. The molecule has 3 heteroatoms. The van der Waals surface area contributed by atoms with Crippen LogP contribution in [0.2, 0.25) is 0 Å². The Labute approximate surface area is 48.4 Å². The van der Waals surface area contributed by atoms with Crippen molar-refractivity contribution in [2.75, 3.05) is 13.2 Å². The van der Waals surface area contributed by atoms with Crippen LogP contribution in [0.3, 0.4) is 0 Å². The van der Waals surface area contributed by atoms with E-state index < -0.39 is 6.10 Å². The van der Waals surface area contributed by atoms with Crippen molar-refractivity contribution in [1.82, 2.24) is 0 Å². The first-order valence-electron chi connectivity index (χ1n) is 2.82. The van der Waals surface area contributed by atoms with E-state index >= 15 is 0 Å². The molecule has 0 aromatic rings. The van der Waals surface area contributed by atoms with E-state index in [1.165, 1.54) is 0 Å². The van der Waals surface area contributed by atoms with E-state index in [1.54, 1.807) is 0 Å². The van der Waals surface area contributed by atoms with Gasteiger partial charge in [-0.05, 0) is 6.42 Å². The molecule has 1 saturated heterocycles. The first-order chi connectivity index (χ1) is 3.80. The molecule has 3 nitrogen and oxygen atoms in total. The Kier molecular flexibility index (Phi) is 1.83. The van der Waals surface area contributed by atoms with Crippen molar-refractivity contribution in [3.63, 3.8) is 0 Å². The van der Waals surface area contributed by atoms with Gasteiger partial charge in [0.05, 0.1) is 12.7 Å². The van der Waals surface area contributed by atoms with Gasteiger partial charge >= 0.3 is 0 Å². The second kappa shape index (κ2) is 2.44. The molecule has 0 amide bonds. The monoisotopic (exact) mass is 117 g/mol. The summed E-state index contributed by atoms with van der Waals surface area (Å²) in [4.78, 5) is 0. The molecule has 1 heterocycles. The van der Waals surface area contributed by atoms with Gasteiger partial charge in [0, 0.05) is 12.6 Å². The lowest BCUT2D eigenvalue weighted by Crippen LogP contribution is -2.42. The molecule has 0 spiro atoms. The highest BCUT2D eigenvalue weighted by Gasteiger charge is 2.18. The Morgan fingerprint density at radius 1 is 1.62 bits per heavy atom. The first-order valence-corrected chi connectivity index (χ1v) is 2.82. The first kappa shape index (κ1) is 6.01. The maximum atomic E-state index is 8.93. The number of ether oxygens (including phenoxy) is 1. The summed E-state index contributed by atoms with van der Waals surface area (Å²) in [5.41, 5.74) is 5.45. The molecule has 0 saturated carbocycles. The number of rotatable bonds is 0. The van der Waals surface area contributed by atoms with Crippen molar-refractivity contribution >= 4 is 0 Å². The van der Waals surface area contributed by atoms with Crippen molar-refractivity contribution in [3.8, 4) is 0 Å². The predicted molar refractivity (Wildman–Crippen MR) is 29.4 cm³/mol. The van der Waals surface area contributed by atoms with Crippen LogP contribution in [-0.4, -0.2) is 30.5 Å². The van der Waals surface area contributed by atoms with Crippen LogP contribution in [0.25, 0.3) is 0 Å². The van der Waals surface area contributed by atoms with Crippen LogP contribution in [-0.2, 0) is 4.74 Å². The third-order valence-electron chi connectivity index (χ3n) is 1.38. The van der Waals surface area contributed by atoms with Crippen molar-refractivity contribution in [2.45, 2.75) is 18.6 Å². The Balaban J connectivity index is 2.28. The summed E-state index contributed by atoms with van der Waals surface area (Å²) < 4.78 is 4.92. The number of hydrogen-bond acceptors (Lipinski definition) is 3. The summed E-state index contributed by atoms with van der Waals surface area (Å²) in [5.74, 6) is 0. The van der Waals surface area contributed by atoms with Crippen LogP contribution in [0.1, 0.15) is 6.42 Å². The van der Waals surface area contributed by atoms with Gasteiger partial charge in [0.1, 0.15) is 0 Å². The molecule has 0 radical (unpaired) electrons. The Morgan fingerprint density at radius 3 is 2.75 bits per heavy atom. The van der Waals surface area contributed by atoms with E-state index in [9.17, 15) is 0 Å². The van der Waals surface area contributed by atoms with E-state index in [4.69, 9.17) is 15.6 Å². The van der Waals surface area contributed by atoms with E-state index in [1.807, 2.05) is 0 Å². The van der Waals surface area contributed by atoms with Crippen LogP contribution < -0.4 is 5.73 Å². The Morgan fingerprint density at radius 2 is 2.38 bits per heavy atom. The third kappa shape index (κ3) is 1.18. The van der Waals surface area contributed by atoms with Gasteiger partial charge in [-0.3, -0.25) is 0 Å². The van der Waals surface area contributed by atoms with Gasteiger partial charge in [0.25, 0.3) is 0 Å². The minimum atomic E-state index is -0.441. The average Bonchev–Trinajstić information content (AvgIpc) is 1.77. The average molecular weight is 117 g/mol. The molecule has 8 heavy (non-hydrogen) atoms. The molecular formula is C5H11NO2. The molecule has 1 aliphatic rings. The van der Waals surface area contributed by atoms with Crippen molar-refractivity contribution in [1.29, 1.82) is 0 Å². The van der Waals surface area contributed by atoms with Gasteiger partial charge in [-0.25, -0.2) is 0 Å². The van der Waals surface area contributed by atoms with Crippen molar-refractivity contribution in [2.24, 2.45) is 5.73 Å². The van der Waals surface area contributed by atoms with Crippen LogP contribution in [0.4, 0.5) is 0 Å². The molecule has 0 bridgehead atoms. The van der Waals surface area contributed by atoms with E-state index in [0.717, 1.165) is 6.42 Å². The van der Waals surface area contributed by atoms with E-state index in [0.29, 0.717) is 13.2 Å². The van der Waals surface area contributed by atoms with Gasteiger partial charge < -0.3 is 15.6 Å². The topological polar surface area (TPSA) is 55.5 Å².